The minimum absolute atomic E-state index is 0.333. The third-order valence-corrected chi connectivity index (χ3v) is 4.95. The van der Waals surface area contributed by atoms with Crippen LogP contribution in [0.25, 0.3) is 6.08 Å². The van der Waals surface area contributed by atoms with Gasteiger partial charge in [-0.25, -0.2) is 0 Å². The minimum atomic E-state index is -1.74. The zero-order chi connectivity index (χ0) is 22.7. The van der Waals surface area contributed by atoms with Crippen molar-refractivity contribution in [1.82, 2.24) is 0 Å². The Balaban J connectivity index is 1.89. The molecule has 0 amide bonds. The predicted octanol–water partition coefficient (Wildman–Crippen LogP) is 0.826. The normalized spacial score (nSPS) is 26.2. The fraction of sp³-hybridized carbons (Fsp3) is 0.286. The van der Waals surface area contributed by atoms with Gasteiger partial charge in [-0.3, -0.25) is 4.79 Å². The summed E-state index contributed by atoms with van der Waals surface area (Å²) in [5.41, 5.74) is 0.326. The molecule has 6 N–H and O–H groups in total. The molecule has 1 saturated heterocycles. The summed E-state index contributed by atoms with van der Waals surface area (Å²) in [5.74, 6) is -2.06. The molecule has 2 aromatic rings. The summed E-state index contributed by atoms with van der Waals surface area (Å²) in [6, 6.07) is 8.57. The molecule has 2 aromatic carbocycles. The van der Waals surface area contributed by atoms with Gasteiger partial charge < -0.3 is 40.1 Å². The molecular weight excluding hydrogens is 432 g/mol. The highest BCUT2D eigenvalue weighted by Crippen LogP contribution is 2.36. The van der Waals surface area contributed by atoms with E-state index in [0.29, 0.717) is 10.6 Å². The first-order valence-corrected chi connectivity index (χ1v) is 9.60. The van der Waals surface area contributed by atoms with Crippen molar-refractivity contribution in [2.75, 3.05) is 6.61 Å². The van der Waals surface area contributed by atoms with Crippen LogP contribution in [-0.4, -0.2) is 73.7 Å². The summed E-state index contributed by atoms with van der Waals surface area (Å²) in [7, 11) is 0. The molecule has 1 aliphatic heterocycles. The maximum atomic E-state index is 12.7. The number of carbonyl (C=O) groups excluding carboxylic acids is 1. The lowest BCUT2D eigenvalue weighted by molar-refractivity contribution is -0.277. The lowest BCUT2D eigenvalue weighted by Crippen LogP contribution is -2.60. The van der Waals surface area contributed by atoms with Gasteiger partial charge in [0, 0.05) is 17.2 Å². The number of ketones is 1. The fourth-order valence-electron chi connectivity index (χ4n) is 3.05. The number of carbonyl (C=O) groups is 1. The second-order valence-electron chi connectivity index (χ2n) is 6.90. The third-order valence-electron chi connectivity index (χ3n) is 4.70. The van der Waals surface area contributed by atoms with Crippen LogP contribution in [0.5, 0.6) is 17.2 Å². The van der Waals surface area contributed by atoms with Gasteiger partial charge in [-0.05, 0) is 23.8 Å². The van der Waals surface area contributed by atoms with Gasteiger partial charge in [-0.2, -0.15) is 0 Å². The van der Waals surface area contributed by atoms with Crippen molar-refractivity contribution >= 4 is 23.5 Å². The van der Waals surface area contributed by atoms with Crippen LogP contribution in [0.1, 0.15) is 15.9 Å². The summed E-state index contributed by atoms with van der Waals surface area (Å²) < 4.78 is 10.7. The number of ether oxygens (including phenoxy) is 2. The summed E-state index contributed by atoms with van der Waals surface area (Å²) in [4.78, 5) is 12.7. The molecule has 3 rings (SSSR count). The molecule has 166 valence electrons. The molecule has 5 atom stereocenters. The van der Waals surface area contributed by atoms with Crippen LogP contribution in [0, 0.1) is 0 Å². The average Bonchev–Trinajstić information content (AvgIpc) is 2.73. The first-order valence-electron chi connectivity index (χ1n) is 9.22. The van der Waals surface area contributed by atoms with Gasteiger partial charge in [-0.15, -0.1) is 0 Å². The van der Waals surface area contributed by atoms with E-state index < -0.39 is 54.6 Å². The predicted molar refractivity (Wildman–Crippen MR) is 109 cm³/mol. The van der Waals surface area contributed by atoms with E-state index in [4.69, 9.17) is 21.1 Å². The number of aliphatic hydroxyl groups is 4. The number of hydrogen-bond donors (Lipinski definition) is 6. The fourth-order valence-corrected chi connectivity index (χ4v) is 3.17. The van der Waals surface area contributed by atoms with Gasteiger partial charge >= 0.3 is 0 Å². The molecule has 31 heavy (non-hydrogen) atoms. The summed E-state index contributed by atoms with van der Waals surface area (Å²) >= 11 is 5.83. The maximum absolute atomic E-state index is 12.7. The van der Waals surface area contributed by atoms with Crippen LogP contribution in [0.3, 0.4) is 0 Å². The standard InChI is InChI=1S/C21H21ClO9/c22-11-4-1-10(2-5-11)3-6-13(25)17-14(26)7-12(24)8-15(17)30-21-20(29)19(28)18(27)16(9-23)31-21/h1-8,16,18-21,23-24,26-29H,9H2/b6-3-/t16-,18+,19+,20-,21+/m0/s1. The molecule has 1 heterocycles. The Morgan fingerprint density at radius 2 is 1.74 bits per heavy atom. The lowest BCUT2D eigenvalue weighted by atomic mass is 9.99. The number of aromatic hydroxyl groups is 2. The number of phenolic OH excluding ortho intramolecular Hbond substituents is 2. The first kappa shape index (κ1) is 23.0. The van der Waals surface area contributed by atoms with Crippen LogP contribution >= 0.6 is 11.6 Å². The molecule has 9 nitrogen and oxygen atoms in total. The SMILES string of the molecule is O=C(/C=C\c1ccc(Cl)cc1)c1c(O)cc(O)cc1O[C@@H]1O[C@@H](CO)[C@@H](O)[C@@H](O)[C@@H]1O. The maximum Gasteiger partial charge on any atom is 0.229 e. The molecule has 0 saturated carbocycles. The highest BCUT2D eigenvalue weighted by molar-refractivity contribution is 6.30. The number of hydrogen-bond acceptors (Lipinski definition) is 9. The summed E-state index contributed by atoms with van der Waals surface area (Å²) in [5, 5.41) is 59.8. The van der Waals surface area contributed by atoms with Crippen molar-refractivity contribution < 1.29 is 44.9 Å². The van der Waals surface area contributed by atoms with Crippen LogP contribution in [0.2, 0.25) is 5.02 Å². The number of halogens is 1. The van der Waals surface area contributed by atoms with Crippen molar-refractivity contribution in [3.05, 3.63) is 58.6 Å². The van der Waals surface area contributed by atoms with Gasteiger partial charge in [0.05, 0.1) is 6.61 Å². The van der Waals surface area contributed by atoms with E-state index in [-0.39, 0.29) is 11.3 Å². The molecule has 0 spiro atoms. The van der Waals surface area contributed by atoms with Crippen LogP contribution in [0.4, 0.5) is 0 Å². The topological polar surface area (TPSA) is 157 Å². The second-order valence-corrected chi connectivity index (χ2v) is 7.34. The van der Waals surface area contributed by atoms with E-state index in [0.717, 1.165) is 18.2 Å². The molecule has 10 heteroatoms. The minimum Gasteiger partial charge on any atom is -0.508 e. The Labute approximate surface area is 182 Å². The van der Waals surface area contributed by atoms with Gasteiger partial charge in [0.2, 0.25) is 6.29 Å². The van der Waals surface area contributed by atoms with E-state index in [1.54, 1.807) is 24.3 Å². The van der Waals surface area contributed by atoms with Gasteiger partial charge in [0.1, 0.15) is 47.2 Å². The zero-order valence-corrected chi connectivity index (χ0v) is 16.8. The summed E-state index contributed by atoms with van der Waals surface area (Å²) in [6.45, 7) is -0.675. The number of phenols is 2. The smallest absolute Gasteiger partial charge is 0.229 e. The van der Waals surface area contributed by atoms with Crippen molar-refractivity contribution in [1.29, 1.82) is 0 Å². The Bertz CT molecular complexity index is 958. The van der Waals surface area contributed by atoms with Crippen molar-refractivity contribution in [3.8, 4) is 17.2 Å². The van der Waals surface area contributed by atoms with Crippen LogP contribution in [0.15, 0.2) is 42.5 Å². The Morgan fingerprint density at radius 1 is 1.06 bits per heavy atom. The number of rotatable bonds is 6. The number of allylic oxidation sites excluding steroid dienone is 1. The van der Waals surface area contributed by atoms with Crippen molar-refractivity contribution in [2.24, 2.45) is 0 Å². The van der Waals surface area contributed by atoms with Crippen LogP contribution < -0.4 is 4.74 Å². The first-order chi connectivity index (χ1) is 14.7. The molecule has 0 bridgehead atoms. The van der Waals surface area contributed by atoms with Crippen molar-refractivity contribution in [2.45, 2.75) is 30.7 Å². The van der Waals surface area contributed by atoms with Gasteiger partial charge in [0.25, 0.3) is 0 Å². The van der Waals surface area contributed by atoms with E-state index in [1.165, 1.54) is 6.08 Å². The Kier molecular flexibility index (Phi) is 7.16. The Morgan fingerprint density at radius 3 is 2.39 bits per heavy atom. The van der Waals surface area contributed by atoms with E-state index in [9.17, 15) is 35.4 Å². The number of benzene rings is 2. The lowest BCUT2D eigenvalue weighted by Gasteiger charge is -2.39. The van der Waals surface area contributed by atoms with E-state index >= 15 is 0 Å². The van der Waals surface area contributed by atoms with Gasteiger partial charge in [-0.1, -0.05) is 29.8 Å². The molecule has 0 unspecified atom stereocenters. The van der Waals surface area contributed by atoms with Crippen molar-refractivity contribution in [3.63, 3.8) is 0 Å². The molecule has 1 fully saturated rings. The Hall–Kier alpha value is -2.66. The zero-order valence-electron chi connectivity index (χ0n) is 16.0. The molecule has 0 aliphatic carbocycles. The highest BCUT2D eigenvalue weighted by Gasteiger charge is 2.45. The highest BCUT2D eigenvalue weighted by atomic mass is 35.5. The molecular formula is C21H21ClO9. The second kappa shape index (κ2) is 9.65. The van der Waals surface area contributed by atoms with E-state index in [1.807, 2.05) is 0 Å². The van der Waals surface area contributed by atoms with Gasteiger partial charge in [0.15, 0.2) is 5.78 Å². The van der Waals surface area contributed by atoms with Crippen LogP contribution in [-0.2, 0) is 4.74 Å². The monoisotopic (exact) mass is 452 g/mol. The number of aliphatic hydroxyl groups excluding tert-OH is 4. The summed E-state index contributed by atoms with van der Waals surface area (Å²) in [6.07, 6.45) is -5.25. The molecule has 0 radical (unpaired) electrons. The molecule has 1 aliphatic rings. The average molecular weight is 453 g/mol. The van der Waals surface area contributed by atoms with E-state index in [2.05, 4.69) is 0 Å². The largest absolute Gasteiger partial charge is 0.508 e. The quantitative estimate of drug-likeness (QED) is 0.276. The molecule has 0 aromatic heterocycles. The third kappa shape index (κ3) is 5.16.